The number of aliphatic imine (C=N–C) groups is 1. The molecule has 0 amide bonds. The molecule has 6 nitrogen and oxygen atoms in total. The summed E-state index contributed by atoms with van der Waals surface area (Å²) < 4.78 is 11.0. The molecule has 1 heterocycles. The summed E-state index contributed by atoms with van der Waals surface area (Å²) in [4.78, 5) is 6.99. The third-order valence-corrected chi connectivity index (χ3v) is 5.43. The number of ether oxygens (including phenoxy) is 2. The van der Waals surface area contributed by atoms with E-state index in [0.29, 0.717) is 19.8 Å². The van der Waals surface area contributed by atoms with Crippen LogP contribution in [-0.4, -0.2) is 63.4 Å². The van der Waals surface area contributed by atoms with Crippen LogP contribution in [-0.2, 0) is 22.6 Å². The Bertz CT molecular complexity index is 600. The van der Waals surface area contributed by atoms with Crippen molar-refractivity contribution in [3.63, 3.8) is 0 Å². The van der Waals surface area contributed by atoms with E-state index in [4.69, 9.17) is 9.47 Å². The van der Waals surface area contributed by atoms with Gasteiger partial charge in [-0.2, -0.15) is 0 Å². The second kappa shape index (κ2) is 16.8. The smallest absolute Gasteiger partial charge is 0.191 e. The Morgan fingerprint density at radius 3 is 2.70 bits per heavy atom. The Labute approximate surface area is 200 Å². The Kier molecular flexibility index (Phi) is 15.2. The zero-order chi connectivity index (χ0) is 20.7. The molecule has 1 unspecified atom stereocenters. The minimum absolute atomic E-state index is 0. The lowest BCUT2D eigenvalue weighted by Gasteiger charge is -2.35. The second-order valence-electron chi connectivity index (χ2n) is 7.52. The summed E-state index contributed by atoms with van der Waals surface area (Å²) in [5.74, 6) is 0.855. The maximum Gasteiger partial charge on any atom is 0.191 e. The SMILES string of the molecule is CCOCCOCc1cccc(CNC(=NC)NCCN2CCCCC2CC)c1.I. The lowest BCUT2D eigenvalue weighted by atomic mass is 10.0. The fourth-order valence-corrected chi connectivity index (χ4v) is 3.82. The van der Waals surface area contributed by atoms with Crippen LogP contribution in [0, 0.1) is 0 Å². The van der Waals surface area contributed by atoms with Gasteiger partial charge in [0.25, 0.3) is 0 Å². The van der Waals surface area contributed by atoms with E-state index in [0.717, 1.165) is 38.2 Å². The number of hydrogen-bond acceptors (Lipinski definition) is 4. The van der Waals surface area contributed by atoms with Gasteiger partial charge in [0.1, 0.15) is 0 Å². The van der Waals surface area contributed by atoms with Crippen molar-refractivity contribution in [2.75, 3.05) is 46.5 Å². The average molecular weight is 533 g/mol. The molecule has 172 valence electrons. The Hall–Kier alpha value is -0.900. The van der Waals surface area contributed by atoms with Crippen LogP contribution < -0.4 is 10.6 Å². The third-order valence-electron chi connectivity index (χ3n) is 5.43. The lowest BCUT2D eigenvalue weighted by molar-refractivity contribution is 0.0453. The zero-order valence-corrected chi connectivity index (χ0v) is 21.3. The average Bonchev–Trinajstić information content (AvgIpc) is 2.76. The molecule has 0 aliphatic carbocycles. The minimum Gasteiger partial charge on any atom is -0.379 e. The topological polar surface area (TPSA) is 58.1 Å². The summed E-state index contributed by atoms with van der Waals surface area (Å²) in [7, 11) is 1.83. The van der Waals surface area contributed by atoms with Gasteiger partial charge in [0.2, 0.25) is 0 Å². The van der Waals surface area contributed by atoms with Crippen molar-refractivity contribution in [2.45, 2.75) is 58.7 Å². The molecule has 1 aliphatic heterocycles. The number of rotatable bonds is 12. The van der Waals surface area contributed by atoms with Crippen molar-refractivity contribution < 1.29 is 9.47 Å². The Morgan fingerprint density at radius 2 is 1.93 bits per heavy atom. The number of benzene rings is 1. The lowest BCUT2D eigenvalue weighted by Crippen LogP contribution is -2.45. The fourth-order valence-electron chi connectivity index (χ4n) is 3.82. The second-order valence-corrected chi connectivity index (χ2v) is 7.52. The molecule has 30 heavy (non-hydrogen) atoms. The maximum absolute atomic E-state index is 5.67. The maximum atomic E-state index is 5.67. The first-order chi connectivity index (χ1) is 14.3. The zero-order valence-electron chi connectivity index (χ0n) is 19.0. The van der Waals surface area contributed by atoms with Gasteiger partial charge >= 0.3 is 0 Å². The molecular formula is C23H41IN4O2. The minimum atomic E-state index is 0. The molecule has 0 bridgehead atoms. The molecule has 0 saturated carbocycles. The summed E-state index contributed by atoms with van der Waals surface area (Å²) >= 11 is 0. The fraction of sp³-hybridized carbons (Fsp3) is 0.696. The van der Waals surface area contributed by atoms with Gasteiger partial charge in [-0.15, -0.1) is 24.0 Å². The number of piperidine rings is 1. The van der Waals surface area contributed by atoms with Crippen molar-refractivity contribution in [1.29, 1.82) is 0 Å². The molecule has 2 rings (SSSR count). The van der Waals surface area contributed by atoms with Gasteiger partial charge in [-0.1, -0.05) is 37.6 Å². The monoisotopic (exact) mass is 532 g/mol. The van der Waals surface area contributed by atoms with Crippen LogP contribution in [0.25, 0.3) is 0 Å². The van der Waals surface area contributed by atoms with E-state index >= 15 is 0 Å². The summed E-state index contributed by atoms with van der Waals surface area (Å²) in [5, 5.41) is 6.88. The molecule has 0 spiro atoms. The molecule has 1 aliphatic rings. The van der Waals surface area contributed by atoms with Crippen molar-refractivity contribution in [3.8, 4) is 0 Å². The van der Waals surface area contributed by atoms with Crippen LogP contribution in [0.15, 0.2) is 29.3 Å². The molecule has 1 saturated heterocycles. The standard InChI is InChI=1S/C23H40N4O2.HI/c1-4-22-11-6-7-13-27(22)14-12-25-23(24-3)26-18-20-9-8-10-21(17-20)19-29-16-15-28-5-2;/h8-10,17,22H,4-7,11-16,18-19H2,1-3H3,(H2,24,25,26);1H. The van der Waals surface area contributed by atoms with Gasteiger partial charge in [0.05, 0.1) is 19.8 Å². The molecular weight excluding hydrogens is 491 g/mol. The summed E-state index contributed by atoms with van der Waals surface area (Å²) in [6.45, 7) is 10.9. The summed E-state index contributed by atoms with van der Waals surface area (Å²) in [6, 6.07) is 9.23. The van der Waals surface area contributed by atoms with Gasteiger partial charge in [0.15, 0.2) is 5.96 Å². The summed E-state index contributed by atoms with van der Waals surface area (Å²) in [6.07, 6.45) is 5.30. The highest BCUT2D eigenvalue weighted by Gasteiger charge is 2.19. The number of nitrogens with one attached hydrogen (secondary N) is 2. The first-order valence-corrected chi connectivity index (χ1v) is 11.2. The first-order valence-electron chi connectivity index (χ1n) is 11.2. The van der Waals surface area contributed by atoms with Crippen LogP contribution in [0.1, 0.15) is 50.7 Å². The highest BCUT2D eigenvalue weighted by atomic mass is 127. The highest BCUT2D eigenvalue weighted by molar-refractivity contribution is 14.0. The van der Waals surface area contributed by atoms with E-state index in [2.05, 4.69) is 51.7 Å². The molecule has 0 aromatic heterocycles. The van der Waals surface area contributed by atoms with Gasteiger partial charge in [-0.3, -0.25) is 9.89 Å². The van der Waals surface area contributed by atoms with Crippen LogP contribution >= 0.6 is 24.0 Å². The molecule has 1 atom stereocenters. The number of halogens is 1. The van der Waals surface area contributed by atoms with Gasteiger partial charge in [0, 0.05) is 39.3 Å². The predicted octanol–water partition coefficient (Wildman–Crippen LogP) is 3.79. The molecule has 1 fully saturated rings. The van der Waals surface area contributed by atoms with Crippen molar-refractivity contribution in [3.05, 3.63) is 35.4 Å². The van der Waals surface area contributed by atoms with Crippen LogP contribution in [0.3, 0.4) is 0 Å². The molecule has 1 aromatic rings. The number of likely N-dealkylation sites (tertiary alicyclic amines) is 1. The van der Waals surface area contributed by atoms with Gasteiger partial charge < -0.3 is 20.1 Å². The van der Waals surface area contributed by atoms with Crippen LogP contribution in [0.4, 0.5) is 0 Å². The van der Waals surface area contributed by atoms with E-state index in [-0.39, 0.29) is 24.0 Å². The molecule has 1 aromatic carbocycles. The Morgan fingerprint density at radius 1 is 1.13 bits per heavy atom. The summed E-state index contributed by atoms with van der Waals surface area (Å²) in [5.41, 5.74) is 2.40. The first kappa shape index (κ1) is 27.1. The van der Waals surface area contributed by atoms with E-state index < -0.39 is 0 Å². The molecule has 2 N–H and O–H groups in total. The quantitative estimate of drug-likeness (QED) is 0.186. The van der Waals surface area contributed by atoms with E-state index in [1.807, 2.05) is 14.0 Å². The van der Waals surface area contributed by atoms with Crippen LogP contribution in [0.2, 0.25) is 0 Å². The number of hydrogen-bond donors (Lipinski definition) is 2. The van der Waals surface area contributed by atoms with Crippen molar-refractivity contribution >= 4 is 29.9 Å². The normalized spacial score (nSPS) is 17.4. The van der Waals surface area contributed by atoms with Crippen LogP contribution in [0.5, 0.6) is 0 Å². The highest BCUT2D eigenvalue weighted by Crippen LogP contribution is 2.18. The van der Waals surface area contributed by atoms with E-state index in [9.17, 15) is 0 Å². The van der Waals surface area contributed by atoms with E-state index in [1.165, 1.54) is 43.4 Å². The number of nitrogens with zero attached hydrogens (tertiary/aromatic N) is 2. The van der Waals surface area contributed by atoms with Crippen molar-refractivity contribution in [1.82, 2.24) is 15.5 Å². The third kappa shape index (κ3) is 10.4. The number of guanidine groups is 1. The Balaban J connectivity index is 0.00000450. The largest absolute Gasteiger partial charge is 0.379 e. The van der Waals surface area contributed by atoms with Gasteiger partial charge in [-0.05, 0) is 43.9 Å². The van der Waals surface area contributed by atoms with Crippen molar-refractivity contribution in [2.24, 2.45) is 4.99 Å². The van der Waals surface area contributed by atoms with E-state index in [1.54, 1.807) is 0 Å². The van der Waals surface area contributed by atoms with Gasteiger partial charge in [-0.25, -0.2) is 0 Å². The molecule has 0 radical (unpaired) electrons. The molecule has 7 heteroatoms. The predicted molar refractivity (Wildman–Crippen MR) is 136 cm³/mol.